The van der Waals surface area contributed by atoms with Gasteiger partial charge >= 0.3 is 0 Å². The molecule has 0 aliphatic rings. The second-order valence-electron chi connectivity index (χ2n) is 6.55. The van der Waals surface area contributed by atoms with Crippen molar-refractivity contribution in [3.63, 3.8) is 0 Å². The van der Waals surface area contributed by atoms with Crippen LogP contribution < -0.4 is 0 Å². The lowest BCUT2D eigenvalue weighted by molar-refractivity contribution is 0.192. The maximum Gasteiger partial charge on any atom is 0.266 e. The number of hydrogen-bond donors (Lipinski definition) is 1. The molecule has 140 valence electrons. The average molecular weight is 381 g/mol. The maximum absolute atomic E-state index is 11.8. The van der Waals surface area contributed by atoms with Crippen LogP contribution in [0.15, 0.2) is 91.0 Å². The van der Waals surface area contributed by atoms with E-state index in [4.69, 9.17) is 0 Å². The Balaban J connectivity index is 1.98. The topological polar surface area (TPSA) is 57.6 Å². The third kappa shape index (κ3) is 6.03. The lowest BCUT2D eigenvalue weighted by Crippen LogP contribution is -2.33. The summed E-state index contributed by atoms with van der Waals surface area (Å²) < 4.78 is 33.1. The van der Waals surface area contributed by atoms with Gasteiger partial charge in [-0.05, 0) is 16.7 Å². The van der Waals surface area contributed by atoms with Gasteiger partial charge in [0.15, 0.2) is 0 Å². The van der Waals surface area contributed by atoms with Gasteiger partial charge in [0.05, 0.1) is 11.8 Å². The Morgan fingerprint density at radius 2 is 1.11 bits per heavy atom. The Labute approximate surface area is 160 Å². The minimum absolute atomic E-state index is 0.351. The van der Waals surface area contributed by atoms with E-state index in [1.165, 1.54) is 0 Å². The first-order chi connectivity index (χ1) is 13.0. The van der Waals surface area contributed by atoms with Crippen LogP contribution in [0.2, 0.25) is 0 Å². The van der Waals surface area contributed by atoms with Crippen LogP contribution >= 0.6 is 0 Å². The zero-order valence-electron chi connectivity index (χ0n) is 15.0. The zero-order chi connectivity index (χ0) is 19.1. The molecule has 27 heavy (non-hydrogen) atoms. The molecule has 4 nitrogen and oxygen atoms in total. The van der Waals surface area contributed by atoms with Gasteiger partial charge in [-0.2, -0.15) is 8.42 Å². The molecule has 0 bridgehead atoms. The first-order valence-corrected chi connectivity index (χ1v) is 10.4. The molecular formula is C22H23NO3S. The normalized spacial score (nSPS) is 12.8. The Hall–Kier alpha value is -2.47. The van der Waals surface area contributed by atoms with E-state index in [1.54, 1.807) is 0 Å². The predicted molar refractivity (Wildman–Crippen MR) is 108 cm³/mol. The van der Waals surface area contributed by atoms with Gasteiger partial charge < -0.3 is 0 Å². The summed E-state index contributed by atoms with van der Waals surface area (Å²) in [6.45, 7) is 1.15. The van der Waals surface area contributed by atoms with Gasteiger partial charge in [-0.25, -0.2) is 0 Å². The van der Waals surface area contributed by atoms with Crippen molar-refractivity contribution in [2.45, 2.75) is 19.1 Å². The largest absolute Gasteiger partial charge is 0.287 e. The third-order valence-electron chi connectivity index (χ3n) is 4.45. The third-order valence-corrected chi connectivity index (χ3v) is 5.19. The Kier molecular flexibility index (Phi) is 6.40. The van der Waals surface area contributed by atoms with E-state index in [-0.39, 0.29) is 5.75 Å². The van der Waals surface area contributed by atoms with E-state index >= 15 is 0 Å². The first kappa shape index (κ1) is 19.3. The van der Waals surface area contributed by atoms with E-state index in [0.29, 0.717) is 13.1 Å². The van der Waals surface area contributed by atoms with Crippen LogP contribution in [0.3, 0.4) is 0 Å². The molecule has 0 saturated heterocycles. The number of rotatable bonds is 8. The van der Waals surface area contributed by atoms with Crippen LogP contribution in [0.4, 0.5) is 0 Å². The first-order valence-electron chi connectivity index (χ1n) is 8.83. The summed E-state index contributed by atoms with van der Waals surface area (Å²) in [5, 5.41) is 0. The van der Waals surface area contributed by atoms with E-state index in [0.717, 1.165) is 16.7 Å². The van der Waals surface area contributed by atoms with Crippen molar-refractivity contribution in [3.05, 3.63) is 108 Å². The average Bonchev–Trinajstić information content (AvgIpc) is 2.67. The summed E-state index contributed by atoms with van der Waals surface area (Å²) in [6, 6.07) is 28.9. The summed E-state index contributed by atoms with van der Waals surface area (Å²) in [5.74, 6) is -0.351. The molecule has 0 aromatic heterocycles. The van der Waals surface area contributed by atoms with Crippen molar-refractivity contribution in [1.29, 1.82) is 0 Å². The van der Waals surface area contributed by atoms with E-state index in [2.05, 4.69) is 4.90 Å². The van der Waals surface area contributed by atoms with Crippen molar-refractivity contribution < 1.29 is 13.0 Å². The molecule has 1 unspecified atom stereocenters. The molecule has 0 fully saturated rings. The molecule has 1 N–H and O–H groups in total. The molecular weight excluding hydrogens is 358 g/mol. The highest BCUT2D eigenvalue weighted by Gasteiger charge is 2.26. The summed E-state index contributed by atoms with van der Waals surface area (Å²) >= 11 is 0. The summed E-state index contributed by atoms with van der Waals surface area (Å²) in [6.07, 6.45) is 0. The number of nitrogens with zero attached hydrogens (tertiary/aromatic N) is 1. The van der Waals surface area contributed by atoms with Crippen LogP contribution in [-0.2, 0) is 23.2 Å². The molecule has 0 amide bonds. The zero-order valence-corrected chi connectivity index (χ0v) is 15.8. The fourth-order valence-electron chi connectivity index (χ4n) is 3.20. The molecule has 5 heteroatoms. The Bertz CT molecular complexity index is 888. The van der Waals surface area contributed by atoms with Crippen molar-refractivity contribution >= 4 is 10.1 Å². The highest BCUT2D eigenvalue weighted by atomic mass is 32.2. The predicted octanol–water partition coefficient (Wildman–Crippen LogP) is 4.32. The fourth-order valence-corrected chi connectivity index (χ4v) is 4.00. The van der Waals surface area contributed by atoms with E-state index < -0.39 is 16.2 Å². The van der Waals surface area contributed by atoms with Gasteiger partial charge in [0, 0.05) is 13.1 Å². The monoisotopic (exact) mass is 381 g/mol. The van der Waals surface area contributed by atoms with Gasteiger partial charge in [0.1, 0.15) is 0 Å². The molecule has 3 aromatic carbocycles. The number of benzene rings is 3. The van der Waals surface area contributed by atoms with Crippen LogP contribution in [0, 0.1) is 0 Å². The van der Waals surface area contributed by atoms with Crippen molar-refractivity contribution in [3.8, 4) is 0 Å². The SMILES string of the molecule is O=S(=O)(O)CC(c1ccccc1)N(Cc1ccccc1)Cc1ccccc1. The Morgan fingerprint density at radius 1 is 0.704 bits per heavy atom. The Morgan fingerprint density at radius 3 is 1.52 bits per heavy atom. The van der Waals surface area contributed by atoms with Gasteiger partial charge in [0.2, 0.25) is 0 Å². The van der Waals surface area contributed by atoms with Gasteiger partial charge in [0.25, 0.3) is 10.1 Å². The molecule has 0 heterocycles. The maximum atomic E-state index is 11.8. The highest BCUT2D eigenvalue weighted by Crippen LogP contribution is 2.26. The molecule has 0 aliphatic carbocycles. The standard InChI is InChI=1S/C22H23NO3S/c24-27(25,26)18-22(21-14-8-3-9-15-21)23(16-19-10-4-1-5-11-19)17-20-12-6-2-7-13-20/h1-15,22H,16-18H2,(H,24,25,26). The van der Waals surface area contributed by atoms with Gasteiger partial charge in [-0.3, -0.25) is 9.45 Å². The fraction of sp³-hybridized carbons (Fsp3) is 0.182. The second kappa shape index (κ2) is 8.95. The molecule has 3 aromatic rings. The lowest BCUT2D eigenvalue weighted by atomic mass is 10.0. The smallest absolute Gasteiger partial charge is 0.266 e. The molecule has 3 rings (SSSR count). The summed E-state index contributed by atoms with van der Waals surface area (Å²) in [4.78, 5) is 2.09. The quantitative estimate of drug-likeness (QED) is 0.591. The minimum atomic E-state index is -4.14. The van der Waals surface area contributed by atoms with Crippen molar-refractivity contribution in [2.24, 2.45) is 0 Å². The van der Waals surface area contributed by atoms with E-state index in [1.807, 2.05) is 91.0 Å². The van der Waals surface area contributed by atoms with Crippen LogP contribution in [0.5, 0.6) is 0 Å². The van der Waals surface area contributed by atoms with Crippen molar-refractivity contribution in [2.75, 3.05) is 5.75 Å². The van der Waals surface area contributed by atoms with Crippen LogP contribution in [0.1, 0.15) is 22.7 Å². The number of hydrogen-bond acceptors (Lipinski definition) is 3. The molecule has 1 atom stereocenters. The lowest BCUT2D eigenvalue weighted by Gasteiger charge is -2.31. The minimum Gasteiger partial charge on any atom is -0.287 e. The molecule has 0 radical (unpaired) electrons. The molecule has 0 saturated carbocycles. The second-order valence-corrected chi connectivity index (χ2v) is 8.05. The summed E-state index contributed by atoms with van der Waals surface area (Å²) in [7, 11) is -4.14. The van der Waals surface area contributed by atoms with Gasteiger partial charge in [-0.15, -0.1) is 0 Å². The van der Waals surface area contributed by atoms with Crippen LogP contribution in [0.25, 0.3) is 0 Å². The van der Waals surface area contributed by atoms with Crippen LogP contribution in [-0.4, -0.2) is 23.6 Å². The highest BCUT2D eigenvalue weighted by molar-refractivity contribution is 7.85. The van der Waals surface area contributed by atoms with E-state index in [9.17, 15) is 13.0 Å². The van der Waals surface area contributed by atoms with Crippen molar-refractivity contribution in [1.82, 2.24) is 4.90 Å². The molecule has 0 aliphatic heterocycles. The molecule has 0 spiro atoms. The van der Waals surface area contributed by atoms with Gasteiger partial charge in [-0.1, -0.05) is 91.0 Å². The summed E-state index contributed by atoms with van der Waals surface area (Å²) in [5.41, 5.74) is 3.04.